The molecule has 0 aliphatic heterocycles. The largest absolute Gasteiger partial charge is 0.396 e. The molecule has 24 heavy (non-hydrogen) atoms. The van der Waals surface area contributed by atoms with Gasteiger partial charge in [0.1, 0.15) is 11.5 Å². The number of anilines is 2. The van der Waals surface area contributed by atoms with Crippen LogP contribution in [0, 0.1) is 13.8 Å². The van der Waals surface area contributed by atoms with E-state index in [-0.39, 0.29) is 11.5 Å². The molecule has 130 valence electrons. The molecule has 0 fully saturated rings. The van der Waals surface area contributed by atoms with Crippen molar-refractivity contribution in [3.8, 4) is 0 Å². The molecule has 0 radical (unpaired) electrons. The third kappa shape index (κ3) is 3.21. The van der Waals surface area contributed by atoms with Crippen LogP contribution in [0.15, 0.2) is 21.2 Å². The summed E-state index contributed by atoms with van der Waals surface area (Å²) in [6.07, 6.45) is 0. The molecule has 2 rings (SSSR count). The highest BCUT2D eigenvalue weighted by atomic mass is 19.3. The van der Waals surface area contributed by atoms with Crippen molar-refractivity contribution in [3.05, 3.63) is 23.7 Å². The Hall–Kier alpha value is -2.92. The smallest absolute Gasteiger partial charge is 0.360 e. The summed E-state index contributed by atoms with van der Waals surface area (Å²) in [5, 5.41) is 9.21. The van der Waals surface area contributed by atoms with Crippen molar-refractivity contribution in [2.24, 2.45) is 0 Å². The Balaban J connectivity index is 2.14. The van der Waals surface area contributed by atoms with Gasteiger partial charge in [-0.25, -0.2) is 0 Å². The number of halogens is 4. The lowest BCUT2D eigenvalue weighted by atomic mass is 10.1. The second kappa shape index (κ2) is 5.94. The number of amides is 2. The first-order valence-corrected chi connectivity index (χ1v) is 6.29. The van der Waals surface area contributed by atoms with Crippen molar-refractivity contribution in [3.63, 3.8) is 0 Å². The monoisotopic (exact) mass is 350 g/mol. The van der Waals surface area contributed by atoms with E-state index in [2.05, 4.69) is 19.4 Å². The Morgan fingerprint density at radius 1 is 0.875 bits per heavy atom. The Kier molecular flexibility index (Phi) is 4.32. The lowest BCUT2D eigenvalue weighted by Gasteiger charge is -2.23. The second-order valence-corrected chi connectivity index (χ2v) is 4.70. The number of carbonyl (C=O) groups is 2. The third-order valence-corrected chi connectivity index (χ3v) is 2.70. The summed E-state index contributed by atoms with van der Waals surface area (Å²) in [6.45, 7) is 2.78. The number of nitrogens with one attached hydrogen (secondary N) is 2. The average Bonchev–Trinajstić information content (AvgIpc) is 3.07. The minimum atomic E-state index is -5.36. The lowest BCUT2D eigenvalue weighted by Crippen LogP contribution is -2.56. The van der Waals surface area contributed by atoms with Crippen LogP contribution in [0.1, 0.15) is 11.5 Å². The molecular formula is C12H10F4N4O4. The minimum absolute atomic E-state index is 0.152. The number of rotatable bonds is 5. The average molecular weight is 350 g/mol. The first-order chi connectivity index (χ1) is 11.0. The van der Waals surface area contributed by atoms with E-state index >= 15 is 0 Å². The molecule has 0 aliphatic rings. The van der Waals surface area contributed by atoms with Crippen LogP contribution in [-0.2, 0) is 9.59 Å². The Morgan fingerprint density at radius 3 is 1.46 bits per heavy atom. The Morgan fingerprint density at radius 2 is 1.21 bits per heavy atom. The summed E-state index contributed by atoms with van der Waals surface area (Å²) in [4.78, 5) is 22.8. The minimum Gasteiger partial charge on any atom is -0.360 e. The molecule has 2 aromatic heterocycles. The normalized spacial score (nSPS) is 12.1. The number of hydrogen-bond donors (Lipinski definition) is 2. The van der Waals surface area contributed by atoms with Crippen LogP contribution in [0.4, 0.5) is 29.2 Å². The number of hydrogen-bond acceptors (Lipinski definition) is 6. The molecule has 0 aromatic carbocycles. The van der Waals surface area contributed by atoms with Gasteiger partial charge in [-0.1, -0.05) is 10.3 Å². The SMILES string of the molecule is Cc1cc(NC(=O)C(F)(F)C(F)(F)C(=O)Nc2cc(C)on2)no1. The molecule has 2 N–H and O–H groups in total. The maximum Gasteiger partial charge on any atom is 0.396 e. The van der Waals surface area contributed by atoms with Crippen LogP contribution in [0.3, 0.4) is 0 Å². The van der Waals surface area contributed by atoms with Crippen LogP contribution in [0.2, 0.25) is 0 Å². The Bertz CT molecular complexity index is 706. The molecular weight excluding hydrogens is 340 g/mol. The van der Waals surface area contributed by atoms with Gasteiger partial charge in [0.2, 0.25) is 0 Å². The third-order valence-electron chi connectivity index (χ3n) is 2.70. The highest BCUT2D eigenvalue weighted by molar-refractivity contribution is 6.04. The maximum atomic E-state index is 13.7. The summed E-state index contributed by atoms with van der Waals surface area (Å²) in [6, 6.07) is 2.06. The van der Waals surface area contributed by atoms with Gasteiger partial charge >= 0.3 is 23.7 Å². The Labute approximate surface area is 131 Å². The van der Waals surface area contributed by atoms with E-state index in [0.717, 1.165) is 12.1 Å². The van der Waals surface area contributed by atoms with Crippen molar-refractivity contribution >= 4 is 23.5 Å². The van der Waals surface area contributed by atoms with E-state index in [4.69, 9.17) is 0 Å². The maximum absolute atomic E-state index is 13.7. The van der Waals surface area contributed by atoms with Crippen molar-refractivity contribution in [1.29, 1.82) is 0 Å². The zero-order valence-corrected chi connectivity index (χ0v) is 12.2. The number of aromatic nitrogens is 2. The molecule has 0 saturated heterocycles. The van der Waals surface area contributed by atoms with Gasteiger partial charge in [-0.15, -0.1) is 0 Å². The van der Waals surface area contributed by atoms with Crippen molar-refractivity contribution in [2.75, 3.05) is 10.6 Å². The van der Waals surface area contributed by atoms with Crippen LogP contribution < -0.4 is 10.6 Å². The van der Waals surface area contributed by atoms with Gasteiger partial charge in [-0.05, 0) is 13.8 Å². The van der Waals surface area contributed by atoms with E-state index < -0.39 is 35.3 Å². The van der Waals surface area contributed by atoms with Crippen molar-refractivity contribution < 1.29 is 36.2 Å². The van der Waals surface area contributed by atoms with Gasteiger partial charge in [0, 0.05) is 12.1 Å². The van der Waals surface area contributed by atoms with Crippen LogP contribution in [-0.4, -0.2) is 34.0 Å². The summed E-state index contributed by atoms with van der Waals surface area (Å²) >= 11 is 0. The summed E-state index contributed by atoms with van der Waals surface area (Å²) in [7, 11) is 0. The fraction of sp³-hybridized carbons (Fsp3) is 0.333. The van der Waals surface area contributed by atoms with E-state index in [1.165, 1.54) is 24.5 Å². The molecule has 8 nitrogen and oxygen atoms in total. The summed E-state index contributed by atoms with van der Waals surface area (Å²) in [5.41, 5.74) is 0. The van der Waals surface area contributed by atoms with Crippen LogP contribution in [0.5, 0.6) is 0 Å². The van der Waals surface area contributed by atoms with E-state index in [0.29, 0.717) is 0 Å². The highest BCUT2D eigenvalue weighted by Crippen LogP contribution is 2.36. The molecule has 2 aromatic rings. The quantitative estimate of drug-likeness (QED) is 0.800. The fourth-order valence-corrected chi connectivity index (χ4v) is 1.53. The molecule has 0 spiro atoms. The lowest BCUT2D eigenvalue weighted by molar-refractivity contribution is -0.204. The topological polar surface area (TPSA) is 110 Å². The number of alkyl halides is 4. The molecule has 0 atom stereocenters. The van der Waals surface area contributed by atoms with Gasteiger partial charge in [-0.2, -0.15) is 17.6 Å². The van der Waals surface area contributed by atoms with E-state index in [1.54, 1.807) is 0 Å². The summed E-state index contributed by atoms with van der Waals surface area (Å²) < 4.78 is 63.9. The molecule has 12 heteroatoms. The standard InChI is InChI=1S/C12H10F4N4O4/c1-5-3-7(19-23-5)17-9(21)11(13,14)12(15,16)10(22)18-8-4-6(2)24-20-8/h3-4H,1-2H3,(H,17,19,21)(H,18,20,22). The zero-order valence-electron chi connectivity index (χ0n) is 12.2. The summed E-state index contributed by atoms with van der Waals surface area (Å²) in [5.74, 6) is -16.3. The second-order valence-electron chi connectivity index (χ2n) is 4.70. The molecule has 0 unspecified atom stereocenters. The number of nitrogens with zero attached hydrogens (tertiary/aromatic N) is 2. The predicted octanol–water partition coefficient (Wildman–Crippen LogP) is 2.13. The molecule has 2 heterocycles. The molecule has 0 aliphatic carbocycles. The van der Waals surface area contributed by atoms with Gasteiger partial charge in [0.25, 0.3) is 0 Å². The predicted molar refractivity (Wildman–Crippen MR) is 69.6 cm³/mol. The molecule has 2 amide bonds. The van der Waals surface area contributed by atoms with Gasteiger partial charge in [0.05, 0.1) is 0 Å². The van der Waals surface area contributed by atoms with Gasteiger partial charge in [0.15, 0.2) is 11.6 Å². The highest BCUT2D eigenvalue weighted by Gasteiger charge is 2.67. The van der Waals surface area contributed by atoms with Crippen molar-refractivity contribution in [1.82, 2.24) is 10.3 Å². The molecule has 0 bridgehead atoms. The van der Waals surface area contributed by atoms with Gasteiger partial charge in [-0.3, -0.25) is 9.59 Å². The first kappa shape index (κ1) is 17.4. The molecule has 0 saturated carbocycles. The van der Waals surface area contributed by atoms with Crippen molar-refractivity contribution in [2.45, 2.75) is 25.7 Å². The number of carbonyl (C=O) groups excluding carboxylic acids is 2. The van der Waals surface area contributed by atoms with Crippen LogP contribution in [0.25, 0.3) is 0 Å². The van der Waals surface area contributed by atoms with Gasteiger partial charge < -0.3 is 19.7 Å². The van der Waals surface area contributed by atoms with Crippen LogP contribution >= 0.6 is 0 Å². The first-order valence-electron chi connectivity index (χ1n) is 6.29. The fourth-order valence-electron chi connectivity index (χ4n) is 1.53. The number of aryl methyl sites for hydroxylation is 2. The van der Waals surface area contributed by atoms with E-state index in [9.17, 15) is 27.2 Å². The van der Waals surface area contributed by atoms with E-state index in [1.807, 2.05) is 0 Å². The zero-order chi connectivity index (χ0) is 18.1.